The van der Waals surface area contributed by atoms with Crippen molar-refractivity contribution < 1.29 is 32.1 Å². The summed E-state index contributed by atoms with van der Waals surface area (Å²) in [5, 5.41) is 10.0. The fourth-order valence-corrected chi connectivity index (χ4v) is 3.46. The van der Waals surface area contributed by atoms with Gasteiger partial charge in [-0.3, -0.25) is 9.59 Å². The highest BCUT2D eigenvalue weighted by Gasteiger charge is 2.48. The summed E-state index contributed by atoms with van der Waals surface area (Å²) in [7, 11) is 1.82. The second-order valence-corrected chi connectivity index (χ2v) is 9.46. The molecule has 0 bridgehead atoms. The van der Waals surface area contributed by atoms with Gasteiger partial charge in [0, 0.05) is 32.0 Å². The lowest BCUT2D eigenvalue weighted by Crippen LogP contribution is -2.42. The second kappa shape index (κ2) is 12.3. The lowest BCUT2D eigenvalue weighted by atomic mass is 10.1. The van der Waals surface area contributed by atoms with Gasteiger partial charge >= 0.3 is 6.18 Å². The molecule has 2 aromatic heterocycles. The Kier molecular flexibility index (Phi) is 9.44. The van der Waals surface area contributed by atoms with E-state index < -0.39 is 17.7 Å². The maximum absolute atomic E-state index is 12.8. The Hall–Kier alpha value is -3.52. The Morgan fingerprint density at radius 2 is 2.05 bits per heavy atom. The van der Waals surface area contributed by atoms with E-state index in [2.05, 4.69) is 30.2 Å². The van der Waals surface area contributed by atoms with Crippen molar-refractivity contribution in [2.24, 2.45) is 5.73 Å². The van der Waals surface area contributed by atoms with Gasteiger partial charge in [-0.25, -0.2) is 9.61 Å². The van der Waals surface area contributed by atoms with Crippen LogP contribution in [0, 0.1) is 0 Å². The summed E-state index contributed by atoms with van der Waals surface area (Å²) in [6.07, 6.45) is -1.28. The number of aromatic nitrogens is 4. The summed E-state index contributed by atoms with van der Waals surface area (Å²) in [5.41, 5.74) is 6.07. The number of nitrogens with two attached hydrogens (primary N) is 1. The molecule has 208 valence electrons. The van der Waals surface area contributed by atoms with Crippen LogP contribution in [0.3, 0.4) is 0 Å². The lowest BCUT2D eigenvalue weighted by molar-refractivity contribution is -0.263. The third-order valence-corrected chi connectivity index (χ3v) is 5.97. The fourth-order valence-electron chi connectivity index (χ4n) is 3.46. The summed E-state index contributed by atoms with van der Waals surface area (Å²) in [6.45, 7) is 3.68. The van der Waals surface area contributed by atoms with Gasteiger partial charge in [0.15, 0.2) is 11.3 Å². The van der Waals surface area contributed by atoms with E-state index in [1.54, 1.807) is 4.90 Å². The summed E-state index contributed by atoms with van der Waals surface area (Å²) < 4.78 is 47.8. The highest BCUT2D eigenvalue weighted by molar-refractivity contribution is 5.91. The Morgan fingerprint density at radius 1 is 1.32 bits per heavy atom. The molecule has 4 N–H and O–H groups in total. The van der Waals surface area contributed by atoms with Crippen LogP contribution < -0.4 is 11.1 Å². The largest absolute Gasteiger partial charge is 0.416 e. The van der Waals surface area contributed by atoms with E-state index in [-0.39, 0.29) is 18.7 Å². The standard InChI is InChI=1S/C18H25F3N4O2.C6H7N3O2/c1-17(2,18(19,20)21)27-9-6-16-23-14-5-4-13(10-15(14)24-16)11-25(12-26)8-7-22-3;7-6(10)5-4(3-1-2-3)8-11-9-5/h4-5,10,12,22H,6-9,11H2,1-3H3,(H,23,24);3H,1-2H2,(H2,7,10). The lowest BCUT2D eigenvalue weighted by Gasteiger charge is -2.27. The molecule has 2 heterocycles. The number of rotatable bonds is 12. The molecule has 1 saturated carbocycles. The van der Waals surface area contributed by atoms with Crippen LogP contribution in [-0.2, 0) is 22.5 Å². The van der Waals surface area contributed by atoms with Crippen molar-refractivity contribution in [2.75, 3.05) is 26.7 Å². The van der Waals surface area contributed by atoms with Crippen molar-refractivity contribution >= 4 is 23.4 Å². The van der Waals surface area contributed by atoms with Gasteiger partial charge in [0.25, 0.3) is 5.91 Å². The molecule has 4 rings (SSSR count). The minimum absolute atomic E-state index is 0.0951. The number of carbonyl (C=O) groups excluding carboxylic acids is 2. The molecule has 1 aromatic carbocycles. The Morgan fingerprint density at radius 3 is 2.66 bits per heavy atom. The summed E-state index contributed by atoms with van der Waals surface area (Å²) >= 11 is 0. The Bertz CT molecular complexity index is 1220. The first-order valence-corrected chi connectivity index (χ1v) is 12.1. The molecule has 0 radical (unpaired) electrons. The number of ether oxygens (including phenoxy) is 1. The molecular weight excluding hydrogens is 507 g/mol. The van der Waals surface area contributed by atoms with E-state index in [4.69, 9.17) is 10.5 Å². The number of carbonyl (C=O) groups is 2. The van der Waals surface area contributed by atoms with Crippen molar-refractivity contribution in [3.05, 3.63) is 41.0 Å². The molecule has 3 aromatic rings. The van der Waals surface area contributed by atoms with Gasteiger partial charge in [-0.05, 0) is 56.6 Å². The SMILES string of the molecule is CNCCN(C=O)Cc1ccc2nc(CCOC(C)(C)C(F)(F)F)[nH]c2c1.NC(=O)c1nonc1C1CC1. The number of nitrogens with one attached hydrogen (secondary N) is 2. The Balaban J connectivity index is 0.000000299. The number of hydrogen-bond donors (Lipinski definition) is 3. The van der Waals surface area contributed by atoms with Crippen LogP contribution in [0.1, 0.15) is 60.2 Å². The summed E-state index contributed by atoms with van der Waals surface area (Å²) in [5.74, 6) is 0.347. The fraction of sp³-hybridized carbons (Fsp3) is 0.542. The summed E-state index contributed by atoms with van der Waals surface area (Å²) in [6, 6.07) is 5.60. The summed E-state index contributed by atoms with van der Waals surface area (Å²) in [4.78, 5) is 30.9. The molecule has 1 aliphatic rings. The number of benzene rings is 1. The molecular formula is C24H32F3N7O4. The number of hydrogen-bond acceptors (Lipinski definition) is 8. The van der Waals surface area contributed by atoms with Crippen molar-refractivity contribution in [1.82, 2.24) is 30.5 Å². The number of likely N-dealkylation sites (N-methyl/N-ethyl adjacent to an activating group) is 1. The minimum Gasteiger partial charge on any atom is -0.366 e. The van der Waals surface area contributed by atoms with Crippen LogP contribution in [0.15, 0.2) is 22.8 Å². The molecule has 0 unspecified atom stereocenters. The molecule has 1 aliphatic carbocycles. The molecule has 0 aliphatic heterocycles. The third-order valence-electron chi connectivity index (χ3n) is 5.97. The molecule has 0 saturated heterocycles. The van der Waals surface area contributed by atoms with Crippen LogP contribution in [0.2, 0.25) is 0 Å². The van der Waals surface area contributed by atoms with Crippen molar-refractivity contribution in [3.8, 4) is 0 Å². The first-order chi connectivity index (χ1) is 17.9. The van der Waals surface area contributed by atoms with Crippen molar-refractivity contribution in [3.63, 3.8) is 0 Å². The highest BCUT2D eigenvalue weighted by Crippen LogP contribution is 2.40. The number of primary amides is 1. The maximum Gasteiger partial charge on any atom is 0.416 e. The monoisotopic (exact) mass is 539 g/mol. The van der Waals surface area contributed by atoms with Gasteiger partial charge < -0.3 is 25.7 Å². The smallest absolute Gasteiger partial charge is 0.366 e. The first-order valence-electron chi connectivity index (χ1n) is 12.1. The van der Waals surface area contributed by atoms with Crippen molar-refractivity contribution in [1.29, 1.82) is 0 Å². The number of H-pyrrole nitrogens is 1. The molecule has 1 fully saturated rings. The average molecular weight is 540 g/mol. The first kappa shape index (κ1) is 29.0. The second-order valence-electron chi connectivity index (χ2n) is 9.46. The van der Waals surface area contributed by atoms with Crippen LogP contribution in [-0.4, -0.2) is 76.0 Å². The van der Waals surface area contributed by atoms with Gasteiger partial charge in [-0.15, -0.1) is 0 Å². The normalized spacial score (nSPS) is 13.7. The molecule has 11 nitrogen and oxygen atoms in total. The number of imidazole rings is 1. The van der Waals surface area contributed by atoms with Gasteiger partial charge in [0.05, 0.1) is 17.6 Å². The average Bonchev–Trinajstić information content (AvgIpc) is 3.42. The quantitative estimate of drug-likeness (QED) is 0.297. The molecule has 38 heavy (non-hydrogen) atoms. The van der Waals surface area contributed by atoms with E-state index in [1.165, 1.54) is 0 Å². The van der Waals surface area contributed by atoms with Crippen LogP contribution >= 0.6 is 0 Å². The predicted molar refractivity (Wildman–Crippen MR) is 131 cm³/mol. The number of nitrogens with zero attached hydrogens (tertiary/aromatic N) is 4. The van der Waals surface area contributed by atoms with Gasteiger partial charge in [-0.1, -0.05) is 11.2 Å². The molecule has 14 heteroatoms. The third kappa shape index (κ3) is 7.74. The molecule has 0 spiro atoms. The van der Waals surface area contributed by atoms with Crippen molar-refractivity contribution in [2.45, 2.75) is 57.3 Å². The number of amides is 2. The predicted octanol–water partition coefficient (Wildman–Crippen LogP) is 2.69. The number of aromatic amines is 1. The zero-order valence-electron chi connectivity index (χ0n) is 21.5. The van der Waals surface area contributed by atoms with Gasteiger partial charge in [0.2, 0.25) is 6.41 Å². The molecule has 2 amide bonds. The Labute approximate surface area is 217 Å². The number of halogens is 3. The van der Waals surface area contributed by atoms with E-state index in [0.717, 1.165) is 49.7 Å². The zero-order chi connectivity index (χ0) is 27.9. The molecule has 0 atom stereocenters. The highest BCUT2D eigenvalue weighted by atomic mass is 19.4. The zero-order valence-corrected chi connectivity index (χ0v) is 21.5. The number of fused-ring (bicyclic) bond motifs is 1. The van der Waals surface area contributed by atoms with Gasteiger partial charge in [-0.2, -0.15) is 13.2 Å². The van der Waals surface area contributed by atoms with E-state index in [9.17, 15) is 22.8 Å². The van der Waals surface area contributed by atoms with Crippen LogP contribution in [0.4, 0.5) is 13.2 Å². The van der Waals surface area contributed by atoms with E-state index >= 15 is 0 Å². The van der Waals surface area contributed by atoms with Crippen LogP contribution in [0.5, 0.6) is 0 Å². The van der Waals surface area contributed by atoms with Crippen LogP contribution in [0.25, 0.3) is 11.0 Å². The number of alkyl halides is 3. The topological polar surface area (TPSA) is 152 Å². The van der Waals surface area contributed by atoms with Gasteiger partial charge in [0.1, 0.15) is 11.5 Å². The minimum atomic E-state index is -4.42. The van der Waals surface area contributed by atoms with E-state index in [1.807, 2.05) is 25.2 Å². The maximum atomic E-state index is 12.8. The van der Waals surface area contributed by atoms with E-state index in [0.29, 0.717) is 37.1 Å².